The number of fused-ring (bicyclic) bond motifs is 2. The van der Waals surface area contributed by atoms with Gasteiger partial charge in [0.15, 0.2) is 0 Å². The van der Waals surface area contributed by atoms with Crippen LogP contribution >= 0.6 is 0 Å². The van der Waals surface area contributed by atoms with Crippen molar-refractivity contribution in [3.05, 3.63) is 0 Å². The first-order valence-electron chi connectivity index (χ1n) is 7.44. The highest BCUT2D eigenvalue weighted by Gasteiger charge is 2.37. The van der Waals surface area contributed by atoms with Gasteiger partial charge in [0.2, 0.25) is 0 Å². The molecule has 98 valence electrons. The average Bonchev–Trinajstić information content (AvgIpc) is 2.99. The molecule has 0 aliphatic carbocycles. The molecular formula is C14H26N2O. The van der Waals surface area contributed by atoms with E-state index >= 15 is 0 Å². The summed E-state index contributed by atoms with van der Waals surface area (Å²) in [5.74, 6) is 0.922. The number of rotatable bonds is 4. The van der Waals surface area contributed by atoms with Crippen LogP contribution in [0.15, 0.2) is 0 Å². The van der Waals surface area contributed by atoms with Gasteiger partial charge in [0.1, 0.15) is 0 Å². The standard InChI is InChI=1S/C14H26N2O/c1-2-11-4-6-17-14(7-11)3-5-16-10-12-8-13(16)9-15-12/h11-15H,2-10H2,1H3/t11?,12-,13-,14?/m0/s1. The predicted molar refractivity (Wildman–Crippen MR) is 69.1 cm³/mol. The van der Waals surface area contributed by atoms with Crippen molar-refractivity contribution in [2.45, 2.75) is 57.2 Å². The molecule has 0 aromatic rings. The number of hydrogen-bond acceptors (Lipinski definition) is 3. The Morgan fingerprint density at radius 3 is 3.00 bits per heavy atom. The van der Waals surface area contributed by atoms with Crippen LogP contribution in [-0.2, 0) is 4.74 Å². The van der Waals surface area contributed by atoms with Crippen LogP contribution in [0.1, 0.15) is 39.0 Å². The van der Waals surface area contributed by atoms with Gasteiger partial charge >= 0.3 is 0 Å². The SMILES string of the molecule is CCC1CCOC(CCN2C[C@@H]3C[C@H]2CN3)C1. The minimum absolute atomic E-state index is 0.542. The molecule has 3 rings (SSSR count). The summed E-state index contributed by atoms with van der Waals surface area (Å²) in [6.45, 7) is 7.06. The molecule has 0 saturated carbocycles. The summed E-state index contributed by atoms with van der Waals surface area (Å²) in [6, 6.07) is 1.61. The fourth-order valence-corrected chi connectivity index (χ4v) is 3.76. The molecule has 3 heterocycles. The third-order valence-electron chi connectivity index (χ3n) is 4.96. The molecule has 0 aromatic carbocycles. The number of nitrogens with one attached hydrogen (secondary N) is 1. The zero-order chi connectivity index (χ0) is 11.7. The Balaban J connectivity index is 1.42. The van der Waals surface area contributed by atoms with E-state index in [4.69, 9.17) is 4.74 Å². The molecule has 3 aliphatic heterocycles. The largest absolute Gasteiger partial charge is 0.378 e. The number of likely N-dealkylation sites (tertiary alicyclic amines) is 1. The van der Waals surface area contributed by atoms with Crippen LogP contribution in [0, 0.1) is 5.92 Å². The molecule has 0 aromatic heterocycles. The summed E-state index contributed by atoms with van der Waals surface area (Å²) < 4.78 is 5.91. The minimum Gasteiger partial charge on any atom is -0.378 e. The zero-order valence-electron chi connectivity index (χ0n) is 11.0. The van der Waals surface area contributed by atoms with E-state index in [1.165, 1.54) is 51.7 Å². The van der Waals surface area contributed by atoms with Crippen molar-refractivity contribution >= 4 is 0 Å². The van der Waals surface area contributed by atoms with Gasteiger partial charge in [-0.05, 0) is 31.6 Å². The van der Waals surface area contributed by atoms with Crippen LogP contribution in [0.5, 0.6) is 0 Å². The summed E-state index contributed by atoms with van der Waals surface area (Å²) >= 11 is 0. The second-order valence-electron chi connectivity index (χ2n) is 6.07. The maximum absolute atomic E-state index is 5.91. The normalized spacial score (nSPS) is 42.2. The van der Waals surface area contributed by atoms with Gasteiger partial charge in [-0.15, -0.1) is 0 Å². The highest BCUT2D eigenvalue weighted by atomic mass is 16.5. The van der Waals surface area contributed by atoms with Crippen molar-refractivity contribution in [2.24, 2.45) is 5.92 Å². The van der Waals surface area contributed by atoms with Gasteiger partial charge in [-0.25, -0.2) is 0 Å². The van der Waals surface area contributed by atoms with Crippen LogP contribution in [0.3, 0.4) is 0 Å². The summed E-state index contributed by atoms with van der Waals surface area (Å²) in [4.78, 5) is 2.68. The third-order valence-corrected chi connectivity index (χ3v) is 4.96. The fraction of sp³-hybridized carbons (Fsp3) is 1.00. The Morgan fingerprint density at radius 2 is 2.29 bits per heavy atom. The average molecular weight is 238 g/mol. The van der Waals surface area contributed by atoms with E-state index in [9.17, 15) is 0 Å². The lowest BCUT2D eigenvalue weighted by Gasteiger charge is -2.32. The zero-order valence-corrected chi connectivity index (χ0v) is 11.0. The van der Waals surface area contributed by atoms with Crippen molar-refractivity contribution in [1.29, 1.82) is 0 Å². The lowest BCUT2D eigenvalue weighted by Crippen LogP contribution is -2.44. The van der Waals surface area contributed by atoms with E-state index in [1.54, 1.807) is 0 Å². The number of ether oxygens (including phenoxy) is 1. The molecule has 2 bridgehead atoms. The molecule has 0 radical (unpaired) electrons. The minimum atomic E-state index is 0.542. The first kappa shape index (κ1) is 11.9. The Morgan fingerprint density at radius 1 is 1.35 bits per heavy atom. The second kappa shape index (κ2) is 5.25. The van der Waals surface area contributed by atoms with E-state index in [-0.39, 0.29) is 0 Å². The van der Waals surface area contributed by atoms with Gasteiger partial charge in [0, 0.05) is 38.3 Å². The van der Waals surface area contributed by atoms with Crippen LogP contribution in [0.4, 0.5) is 0 Å². The van der Waals surface area contributed by atoms with Crippen LogP contribution in [-0.4, -0.2) is 49.3 Å². The number of hydrogen-bond donors (Lipinski definition) is 1. The van der Waals surface area contributed by atoms with Crippen LogP contribution in [0.25, 0.3) is 0 Å². The molecule has 0 amide bonds. The lowest BCUT2D eigenvalue weighted by atomic mass is 9.92. The van der Waals surface area contributed by atoms with E-state index < -0.39 is 0 Å². The summed E-state index contributed by atoms with van der Waals surface area (Å²) in [5, 5.41) is 3.57. The van der Waals surface area contributed by atoms with Gasteiger partial charge < -0.3 is 10.1 Å². The van der Waals surface area contributed by atoms with E-state index in [2.05, 4.69) is 17.1 Å². The highest BCUT2D eigenvalue weighted by molar-refractivity contribution is 4.97. The maximum atomic E-state index is 5.91. The summed E-state index contributed by atoms with van der Waals surface area (Å²) in [7, 11) is 0. The van der Waals surface area contributed by atoms with E-state index in [0.29, 0.717) is 6.10 Å². The van der Waals surface area contributed by atoms with Crippen molar-refractivity contribution in [1.82, 2.24) is 10.2 Å². The second-order valence-corrected chi connectivity index (χ2v) is 6.07. The molecule has 17 heavy (non-hydrogen) atoms. The summed E-state index contributed by atoms with van der Waals surface area (Å²) in [5.41, 5.74) is 0. The van der Waals surface area contributed by atoms with Crippen molar-refractivity contribution in [3.8, 4) is 0 Å². The van der Waals surface area contributed by atoms with Gasteiger partial charge in [0.25, 0.3) is 0 Å². The number of nitrogens with zero attached hydrogens (tertiary/aromatic N) is 1. The van der Waals surface area contributed by atoms with Gasteiger partial charge in [-0.3, -0.25) is 4.90 Å². The smallest absolute Gasteiger partial charge is 0.0590 e. The Kier molecular flexibility index (Phi) is 3.69. The molecule has 3 saturated heterocycles. The summed E-state index contributed by atoms with van der Waals surface area (Å²) in [6.07, 6.45) is 7.09. The lowest BCUT2D eigenvalue weighted by molar-refractivity contribution is -0.0192. The molecule has 2 unspecified atom stereocenters. The first-order valence-corrected chi connectivity index (χ1v) is 7.44. The van der Waals surface area contributed by atoms with Crippen molar-refractivity contribution < 1.29 is 4.74 Å². The Hall–Kier alpha value is -0.120. The topological polar surface area (TPSA) is 24.5 Å². The van der Waals surface area contributed by atoms with Crippen LogP contribution < -0.4 is 5.32 Å². The van der Waals surface area contributed by atoms with Gasteiger partial charge in [0.05, 0.1) is 6.10 Å². The Labute approximate surface area is 105 Å². The molecule has 3 aliphatic rings. The third kappa shape index (κ3) is 2.67. The van der Waals surface area contributed by atoms with Crippen molar-refractivity contribution in [3.63, 3.8) is 0 Å². The molecule has 0 spiro atoms. The first-order chi connectivity index (χ1) is 8.35. The number of piperazine rings is 1. The quantitative estimate of drug-likeness (QED) is 0.805. The molecule has 3 heteroatoms. The van der Waals surface area contributed by atoms with E-state index in [1.807, 2.05) is 0 Å². The van der Waals surface area contributed by atoms with Gasteiger partial charge in [-0.2, -0.15) is 0 Å². The molecule has 4 atom stereocenters. The van der Waals surface area contributed by atoms with Crippen LogP contribution in [0.2, 0.25) is 0 Å². The maximum Gasteiger partial charge on any atom is 0.0590 e. The van der Waals surface area contributed by atoms with Crippen molar-refractivity contribution in [2.75, 3.05) is 26.2 Å². The predicted octanol–water partition coefficient (Wildman–Crippen LogP) is 1.63. The fourth-order valence-electron chi connectivity index (χ4n) is 3.76. The monoisotopic (exact) mass is 238 g/mol. The van der Waals surface area contributed by atoms with Gasteiger partial charge in [-0.1, -0.05) is 13.3 Å². The van der Waals surface area contributed by atoms with E-state index in [0.717, 1.165) is 24.6 Å². The molecule has 3 fully saturated rings. The molecular weight excluding hydrogens is 212 g/mol. The Bertz CT molecular complexity index is 259. The highest BCUT2D eigenvalue weighted by Crippen LogP contribution is 2.27. The molecule has 1 N–H and O–H groups in total. The molecule has 3 nitrogen and oxygen atoms in total.